The molecule has 0 bridgehead atoms. The summed E-state index contributed by atoms with van der Waals surface area (Å²) in [6.07, 6.45) is 7.35. The highest BCUT2D eigenvalue weighted by Gasteiger charge is 2.51. The van der Waals surface area contributed by atoms with Gasteiger partial charge in [-0.25, -0.2) is 4.79 Å². The van der Waals surface area contributed by atoms with Crippen LogP contribution >= 0.6 is 15.9 Å². The van der Waals surface area contributed by atoms with Crippen molar-refractivity contribution in [3.05, 3.63) is 22.2 Å². The summed E-state index contributed by atoms with van der Waals surface area (Å²) in [5.74, 6) is 1.01. The molecule has 3 aliphatic heterocycles. The molecule has 20 heavy (non-hydrogen) atoms. The van der Waals surface area contributed by atoms with Crippen LogP contribution in [0, 0.1) is 11.8 Å². The quantitative estimate of drug-likeness (QED) is 0.738. The van der Waals surface area contributed by atoms with Crippen molar-refractivity contribution in [1.29, 1.82) is 0 Å². The van der Waals surface area contributed by atoms with Crippen molar-refractivity contribution in [2.24, 2.45) is 11.8 Å². The molecule has 4 nitrogen and oxygen atoms in total. The fraction of sp³-hybridized carbons (Fsp3) is 0.667. The number of rotatable bonds is 0. The lowest BCUT2D eigenvalue weighted by Gasteiger charge is -2.41. The molecule has 2 unspecified atom stereocenters. The molecule has 0 radical (unpaired) electrons. The first-order valence-electron chi connectivity index (χ1n) is 7.47. The molecule has 0 aromatic rings. The molecule has 3 saturated heterocycles. The number of nitrogens with zero attached hydrogens (tertiary/aromatic N) is 2. The number of carbonyl (C=O) groups is 1. The predicted molar refractivity (Wildman–Crippen MR) is 79.8 cm³/mol. The molecule has 4 aliphatic rings. The highest BCUT2D eigenvalue weighted by atomic mass is 79.9. The molecule has 1 N–H and O–H groups in total. The van der Waals surface area contributed by atoms with Gasteiger partial charge in [0.05, 0.1) is 0 Å². The smallest absolute Gasteiger partial charge is 0.407 e. The van der Waals surface area contributed by atoms with Crippen LogP contribution in [-0.4, -0.2) is 52.7 Å². The van der Waals surface area contributed by atoms with Crippen LogP contribution in [0.1, 0.15) is 19.3 Å². The number of likely N-dealkylation sites (tertiary alicyclic amines) is 1. The maximum absolute atomic E-state index is 11.3. The Balaban J connectivity index is 1.70. The summed E-state index contributed by atoms with van der Waals surface area (Å²) < 4.78 is 1.18. The minimum atomic E-state index is -0.768. The van der Waals surface area contributed by atoms with Gasteiger partial charge in [0.2, 0.25) is 0 Å². The fourth-order valence-corrected chi connectivity index (χ4v) is 5.30. The Morgan fingerprint density at radius 2 is 2.20 bits per heavy atom. The zero-order valence-corrected chi connectivity index (χ0v) is 12.9. The topological polar surface area (TPSA) is 43.8 Å². The summed E-state index contributed by atoms with van der Waals surface area (Å²) >= 11 is 3.65. The standard InChI is InChI=1S/C15H19BrN2O2/c16-10-6-9-2-1-4-18-13-3-5-17(15(19)20)8-12(13)11(7-10)14(9)18/h6-7,9,12-14H,1-5,8H2,(H,19,20)/t9?,12-,13-,14?/m0/s1. The number of hydrogen-bond acceptors (Lipinski definition) is 2. The molecule has 4 atom stereocenters. The molecule has 1 amide bonds. The molecule has 3 fully saturated rings. The van der Waals surface area contributed by atoms with Crippen LogP contribution in [0.5, 0.6) is 0 Å². The Kier molecular flexibility index (Phi) is 2.96. The van der Waals surface area contributed by atoms with Crippen LogP contribution in [0.15, 0.2) is 22.2 Å². The van der Waals surface area contributed by atoms with E-state index >= 15 is 0 Å². The van der Waals surface area contributed by atoms with E-state index in [9.17, 15) is 9.90 Å². The van der Waals surface area contributed by atoms with Crippen LogP contribution in [0.4, 0.5) is 4.79 Å². The van der Waals surface area contributed by atoms with Crippen molar-refractivity contribution < 1.29 is 9.90 Å². The third-order valence-electron chi connectivity index (χ3n) is 5.44. The number of carboxylic acid groups (broad SMARTS) is 1. The van der Waals surface area contributed by atoms with E-state index < -0.39 is 6.09 Å². The highest BCUT2D eigenvalue weighted by molar-refractivity contribution is 9.11. The molecular formula is C15H19BrN2O2. The minimum absolute atomic E-state index is 0.395. The van der Waals surface area contributed by atoms with Gasteiger partial charge in [-0.2, -0.15) is 0 Å². The molecule has 0 aromatic heterocycles. The summed E-state index contributed by atoms with van der Waals surface area (Å²) in [5.41, 5.74) is 1.47. The van der Waals surface area contributed by atoms with Crippen molar-refractivity contribution in [2.45, 2.75) is 31.3 Å². The SMILES string of the molecule is O=C(O)N1CC[C@H]2[C@@H](C1)C1=CC(Br)=CC3CCCN2C13. The fourth-order valence-electron chi connectivity index (χ4n) is 4.70. The maximum atomic E-state index is 11.3. The van der Waals surface area contributed by atoms with E-state index in [2.05, 4.69) is 33.0 Å². The average molecular weight is 339 g/mol. The normalized spacial score (nSPS) is 39.8. The first-order chi connectivity index (χ1) is 9.65. The molecule has 3 heterocycles. The van der Waals surface area contributed by atoms with Gasteiger partial charge < -0.3 is 10.0 Å². The number of hydrogen-bond donors (Lipinski definition) is 1. The average Bonchev–Trinajstić information content (AvgIpc) is 2.74. The van der Waals surface area contributed by atoms with E-state index in [-0.39, 0.29) is 0 Å². The van der Waals surface area contributed by atoms with Crippen molar-refractivity contribution in [1.82, 2.24) is 9.80 Å². The zero-order valence-electron chi connectivity index (χ0n) is 11.3. The Labute approximate surface area is 127 Å². The van der Waals surface area contributed by atoms with Gasteiger partial charge in [0.25, 0.3) is 0 Å². The van der Waals surface area contributed by atoms with Crippen LogP contribution < -0.4 is 0 Å². The molecule has 0 aromatic carbocycles. The van der Waals surface area contributed by atoms with Gasteiger partial charge >= 0.3 is 6.09 Å². The Hall–Kier alpha value is -0.810. The Morgan fingerprint density at radius 1 is 1.35 bits per heavy atom. The number of piperidine rings is 2. The van der Waals surface area contributed by atoms with Gasteiger partial charge in [-0.3, -0.25) is 4.90 Å². The largest absolute Gasteiger partial charge is 0.465 e. The Bertz CT molecular complexity index is 516. The summed E-state index contributed by atoms with van der Waals surface area (Å²) in [6.45, 7) is 2.54. The van der Waals surface area contributed by atoms with Crippen LogP contribution in [0.25, 0.3) is 0 Å². The molecule has 4 rings (SSSR count). The molecule has 5 heteroatoms. The van der Waals surface area contributed by atoms with Crippen molar-refractivity contribution >= 4 is 22.0 Å². The second-order valence-electron chi connectivity index (χ2n) is 6.38. The maximum Gasteiger partial charge on any atom is 0.407 e. The van der Waals surface area contributed by atoms with Crippen molar-refractivity contribution in [3.8, 4) is 0 Å². The van der Waals surface area contributed by atoms with Gasteiger partial charge in [-0.15, -0.1) is 0 Å². The van der Waals surface area contributed by atoms with E-state index in [0.717, 1.165) is 6.42 Å². The van der Waals surface area contributed by atoms with E-state index in [1.165, 1.54) is 29.4 Å². The summed E-state index contributed by atoms with van der Waals surface area (Å²) in [6, 6.07) is 1.09. The first-order valence-corrected chi connectivity index (χ1v) is 8.27. The van der Waals surface area contributed by atoms with Gasteiger partial charge in [0.1, 0.15) is 0 Å². The van der Waals surface area contributed by atoms with Crippen molar-refractivity contribution in [3.63, 3.8) is 0 Å². The van der Waals surface area contributed by atoms with Gasteiger partial charge in [-0.05, 0) is 43.4 Å². The third kappa shape index (κ3) is 1.79. The van der Waals surface area contributed by atoms with E-state index in [0.29, 0.717) is 37.0 Å². The number of fused-ring (bicyclic) bond motifs is 3. The van der Waals surface area contributed by atoms with Crippen LogP contribution in [0.2, 0.25) is 0 Å². The second-order valence-corrected chi connectivity index (χ2v) is 7.29. The number of halogens is 1. The summed E-state index contributed by atoms with van der Waals surface area (Å²) in [5, 5.41) is 9.27. The number of allylic oxidation sites excluding steroid dienone is 2. The summed E-state index contributed by atoms with van der Waals surface area (Å²) in [7, 11) is 0. The van der Waals surface area contributed by atoms with E-state index in [1.807, 2.05) is 0 Å². The minimum Gasteiger partial charge on any atom is -0.465 e. The molecule has 0 spiro atoms. The lowest BCUT2D eigenvalue weighted by molar-refractivity contribution is 0.0707. The monoisotopic (exact) mass is 338 g/mol. The first kappa shape index (κ1) is 12.9. The highest BCUT2D eigenvalue weighted by Crippen LogP contribution is 2.48. The molecule has 0 saturated carbocycles. The van der Waals surface area contributed by atoms with Crippen molar-refractivity contribution in [2.75, 3.05) is 19.6 Å². The lowest BCUT2D eigenvalue weighted by atomic mass is 9.80. The van der Waals surface area contributed by atoms with Gasteiger partial charge in [0, 0.05) is 35.6 Å². The molecule has 108 valence electrons. The molecular weight excluding hydrogens is 320 g/mol. The third-order valence-corrected chi connectivity index (χ3v) is 5.93. The summed E-state index contributed by atoms with van der Waals surface area (Å²) in [4.78, 5) is 15.5. The van der Waals surface area contributed by atoms with E-state index in [1.54, 1.807) is 4.90 Å². The van der Waals surface area contributed by atoms with Crippen LogP contribution in [-0.2, 0) is 0 Å². The Morgan fingerprint density at radius 3 is 3.00 bits per heavy atom. The van der Waals surface area contributed by atoms with E-state index in [4.69, 9.17) is 0 Å². The predicted octanol–water partition coefficient (Wildman–Crippen LogP) is 2.67. The lowest BCUT2D eigenvalue weighted by Crippen LogP contribution is -2.50. The van der Waals surface area contributed by atoms with Gasteiger partial charge in [-0.1, -0.05) is 22.0 Å². The van der Waals surface area contributed by atoms with Gasteiger partial charge in [0.15, 0.2) is 0 Å². The zero-order chi connectivity index (χ0) is 13.9. The van der Waals surface area contributed by atoms with Crippen LogP contribution in [0.3, 0.4) is 0 Å². The molecule has 1 aliphatic carbocycles. The number of amides is 1. The second kappa shape index (κ2) is 4.60.